The Morgan fingerprint density at radius 1 is 1.29 bits per heavy atom. The number of aliphatic hydroxyl groups is 1. The van der Waals surface area contributed by atoms with Crippen molar-refractivity contribution < 1.29 is 5.11 Å². The summed E-state index contributed by atoms with van der Waals surface area (Å²) in [6, 6.07) is 0.747. The van der Waals surface area contributed by atoms with Crippen molar-refractivity contribution in [2.45, 2.75) is 57.9 Å². The van der Waals surface area contributed by atoms with E-state index in [-0.39, 0.29) is 0 Å². The Morgan fingerprint density at radius 2 is 2.07 bits per heavy atom. The van der Waals surface area contributed by atoms with E-state index in [4.69, 9.17) is 5.11 Å². The number of unbranched alkanes of at least 4 members (excludes halogenated alkanes) is 2. The highest BCUT2D eigenvalue weighted by Crippen LogP contribution is 2.33. The van der Waals surface area contributed by atoms with Crippen molar-refractivity contribution in [3.63, 3.8) is 0 Å². The van der Waals surface area contributed by atoms with E-state index in [1.54, 1.807) is 0 Å². The summed E-state index contributed by atoms with van der Waals surface area (Å²) in [6.45, 7) is 3.75. The molecule has 2 heteroatoms. The summed E-state index contributed by atoms with van der Waals surface area (Å²) >= 11 is 0. The van der Waals surface area contributed by atoms with Gasteiger partial charge in [0.15, 0.2) is 0 Å². The van der Waals surface area contributed by atoms with Crippen molar-refractivity contribution in [1.29, 1.82) is 0 Å². The molecular weight excluding hydrogens is 174 g/mol. The Kier molecular flexibility index (Phi) is 6.20. The molecule has 1 saturated carbocycles. The lowest BCUT2D eigenvalue weighted by Crippen LogP contribution is -2.29. The van der Waals surface area contributed by atoms with E-state index in [0.29, 0.717) is 6.61 Å². The monoisotopic (exact) mass is 199 g/mol. The van der Waals surface area contributed by atoms with E-state index in [1.165, 1.54) is 32.1 Å². The third-order valence-electron chi connectivity index (χ3n) is 3.08. The van der Waals surface area contributed by atoms with E-state index >= 15 is 0 Å². The molecule has 0 radical (unpaired) electrons. The molecule has 1 fully saturated rings. The predicted molar refractivity (Wildman–Crippen MR) is 60.4 cm³/mol. The van der Waals surface area contributed by atoms with E-state index < -0.39 is 0 Å². The Bertz CT molecular complexity index is 134. The molecule has 0 heterocycles. The predicted octanol–water partition coefficient (Wildman–Crippen LogP) is 2.32. The fraction of sp³-hybridized carbons (Fsp3) is 1.00. The van der Waals surface area contributed by atoms with Crippen LogP contribution in [0.15, 0.2) is 0 Å². The zero-order valence-corrected chi connectivity index (χ0v) is 9.47. The van der Waals surface area contributed by atoms with Crippen LogP contribution in [0.2, 0.25) is 0 Å². The van der Waals surface area contributed by atoms with Crippen LogP contribution in [0, 0.1) is 5.92 Å². The van der Waals surface area contributed by atoms with Crippen molar-refractivity contribution in [2.24, 2.45) is 5.92 Å². The maximum atomic E-state index is 8.63. The molecule has 2 nitrogen and oxygen atoms in total. The van der Waals surface area contributed by atoms with Crippen molar-refractivity contribution in [2.75, 3.05) is 13.2 Å². The van der Waals surface area contributed by atoms with Crippen LogP contribution in [-0.2, 0) is 0 Å². The van der Waals surface area contributed by atoms with Gasteiger partial charge in [-0.15, -0.1) is 0 Å². The molecule has 1 aliphatic rings. The first-order chi connectivity index (χ1) is 6.86. The highest BCUT2D eigenvalue weighted by atomic mass is 16.2. The van der Waals surface area contributed by atoms with Crippen molar-refractivity contribution in [3.8, 4) is 0 Å². The summed E-state index contributed by atoms with van der Waals surface area (Å²) < 4.78 is 0. The maximum Gasteiger partial charge on any atom is 0.0431 e. The molecule has 1 unspecified atom stereocenters. The Hall–Kier alpha value is -0.0800. The molecule has 1 rings (SSSR count). The molecule has 0 bridgehead atoms. The lowest BCUT2D eigenvalue weighted by atomic mass is 10.1. The topological polar surface area (TPSA) is 32.3 Å². The van der Waals surface area contributed by atoms with Crippen LogP contribution in [0.3, 0.4) is 0 Å². The van der Waals surface area contributed by atoms with Gasteiger partial charge in [0.05, 0.1) is 0 Å². The van der Waals surface area contributed by atoms with Crippen LogP contribution in [0.4, 0.5) is 0 Å². The van der Waals surface area contributed by atoms with E-state index in [9.17, 15) is 0 Å². The quantitative estimate of drug-likeness (QED) is 0.559. The second-order valence-electron chi connectivity index (χ2n) is 4.52. The summed E-state index contributed by atoms with van der Waals surface area (Å²) in [5, 5.41) is 12.2. The van der Waals surface area contributed by atoms with Crippen molar-refractivity contribution in [3.05, 3.63) is 0 Å². The maximum absolute atomic E-state index is 8.63. The Morgan fingerprint density at radius 3 is 2.64 bits per heavy atom. The molecule has 2 N–H and O–H groups in total. The number of nitrogens with one attached hydrogen (secondary N) is 1. The molecule has 1 atom stereocenters. The van der Waals surface area contributed by atoms with Gasteiger partial charge in [0, 0.05) is 12.6 Å². The molecule has 0 aromatic rings. The first kappa shape index (κ1) is 12.0. The molecule has 0 aliphatic heterocycles. The van der Waals surface area contributed by atoms with Gasteiger partial charge in [0.2, 0.25) is 0 Å². The SMILES string of the molecule is CCC(CC1CC1)NCCCCCO. The third kappa shape index (κ3) is 5.61. The first-order valence-electron chi connectivity index (χ1n) is 6.21. The van der Waals surface area contributed by atoms with Gasteiger partial charge in [-0.2, -0.15) is 0 Å². The average Bonchev–Trinajstić information content (AvgIpc) is 2.99. The largest absolute Gasteiger partial charge is 0.396 e. The van der Waals surface area contributed by atoms with Crippen LogP contribution in [0.5, 0.6) is 0 Å². The van der Waals surface area contributed by atoms with Crippen LogP contribution in [0.1, 0.15) is 51.9 Å². The lowest BCUT2D eigenvalue weighted by molar-refractivity contribution is 0.282. The molecular formula is C12H25NO. The van der Waals surface area contributed by atoms with Crippen LogP contribution in [0.25, 0.3) is 0 Å². The summed E-state index contributed by atoms with van der Waals surface area (Å²) in [4.78, 5) is 0. The van der Waals surface area contributed by atoms with E-state index in [2.05, 4.69) is 12.2 Å². The van der Waals surface area contributed by atoms with Gasteiger partial charge in [-0.3, -0.25) is 0 Å². The zero-order valence-electron chi connectivity index (χ0n) is 9.47. The second kappa shape index (κ2) is 7.24. The van der Waals surface area contributed by atoms with Gasteiger partial charge >= 0.3 is 0 Å². The zero-order chi connectivity index (χ0) is 10.2. The minimum atomic E-state index is 0.347. The van der Waals surface area contributed by atoms with Crippen LogP contribution < -0.4 is 5.32 Å². The number of rotatable bonds is 9. The minimum Gasteiger partial charge on any atom is -0.396 e. The number of hydrogen-bond acceptors (Lipinski definition) is 2. The van der Waals surface area contributed by atoms with Crippen molar-refractivity contribution >= 4 is 0 Å². The molecule has 84 valence electrons. The highest BCUT2D eigenvalue weighted by molar-refractivity contribution is 4.79. The Labute approximate surface area is 88.1 Å². The molecule has 0 aromatic carbocycles. The average molecular weight is 199 g/mol. The second-order valence-corrected chi connectivity index (χ2v) is 4.52. The fourth-order valence-electron chi connectivity index (χ4n) is 1.87. The van der Waals surface area contributed by atoms with Gasteiger partial charge < -0.3 is 10.4 Å². The van der Waals surface area contributed by atoms with Crippen LogP contribution >= 0.6 is 0 Å². The van der Waals surface area contributed by atoms with Gasteiger partial charge in [0.25, 0.3) is 0 Å². The van der Waals surface area contributed by atoms with Gasteiger partial charge in [-0.1, -0.05) is 19.8 Å². The highest BCUT2D eigenvalue weighted by Gasteiger charge is 2.24. The summed E-state index contributed by atoms with van der Waals surface area (Å²) in [7, 11) is 0. The standard InChI is InChI=1S/C12H25NO/c1-2-12(10-11-6-7-11)13-8-4-3-5-9-14/h11-14H,2-10H2,1H3. The summed E-state index contributed by atoms with van der Waals surface area (Å²) in [5.74, 6) is 1.03. The third-order valence-corrected chi connectivity index (χ3v) is 3.08. The van der Waals surface area contributed by atoms with Crippen LogP contribution in [-0.4, -0.2) is 24.3 Å². The molecule has 1 aliphatic carbocycles. The van der Waals surface area contributed by atoms with Gasteiger partial charge in [-0.25, -0.2) is 0 Å². The van der Waals surface area contributed by atoms with E-state index in [0.717, 1.165) is 31.3 Å². The molecule has 0 aromatic heterocycles. The molecule has 0 amide bonds. The number of hydrogen-bond donors (Lipinski definition) is 2. The summed E-state index contributed by atoms with van der Waals surface area (Å²) in [6.07, 6.45) is 8.89. The first-order valence-corrected chi connectivity index (χ1v) is 6.21. The number of aliphatic hydroxyl groups excluding tert-OH is 1. The van der Waals surface area contributed by atoms with Crippen molar-refractivity contribution in [1.82, 2.24) is 5.32 Å². The fourth-order valence-corrected chi connectivity index (χ4v) is 1.87. The van der Waals surface area contributed by atoms with Gasteiger partial charge in [-0.05, 0) is 44.6 Å². The smallest absolute Gasteiger partial charge is 0.0431 e. The minimum absolute atomic E-state index is 0.347. The van der Waals surface area contributed by atoms with E-state index in [1.807, 2.05) is 0 Å². The summed E-state index contributed by atoms with van der Waals surface area (Å²) in [5.41, 5.74) is 0. The Balaban J connectivity index is 1.90. The molecule has 0 spiro atoms. The molecule has 0 saturated heterocycles. The molecule has 14 heavy (non-hydrogen) atoms. The van der Waals surface area contributed by atoms with Gasteiger partial charge in [0.1, 0.15) is 0 Å². The lowest BCUT2D eigenvalue weighted by Gasteiger charge is -2.16. The normalized spacial score (nSPS) is 18.4.